The summed E-state index contributed by atoms with van der Waals surface area (Å²) in [6.07, 6.45) is 1.12. The van der Waals surface area contributed by atoms with Crippen LogP contribution in [0.3, 0.4) is 0 Å². The van der Waals surface area contributed by atoms with E-state index in [4.69, 9.17) is 23.2 Å². The van der Waals surface area contributed by atoms with E-state index in [1.807, 2.05) is 0 Å². The number of halogens is 4. The maximum absolute atomic E-state index is 14.3. The SMILES string of the molecule is Cc1cc(C(C#N)c2ccc(Cl)cc2)c(Cl)cc1Nc1ncnc(Nc2ccc(Br)cc2F)c1[N+](=O)[O-]. The second-order valence-electron chi connectivity index (χ2n) is 7.85. The summed E-state index contributed by atoms with van der Waals surface area (Å²) >= 11 is 15.7. The third-order valence-corrected chi connectivity index (χ3v) is 6.50. The van der Waals surface area contributed by atoms with Gasteiger partial charge in [-0.15, -0.1) is 0 Å². The molecule has 0 aliphatic heterocycles. The maximum atomic E-state index is 14.3. The summed E-state index contributed by atoms with van der Waals surface area (Å²) in [5.74, 6) is -1.59. The first-order valence-corrected chi connectivity index (χ1v) is 12.2. The van der Waals surface area contributed by atoms with E-state index >= 15 is 0 Å². The summed E-state index contributed by atoms with van der Waals surface area (Å²) in [6.45, 7) is 1.77. The van der Waals surface area contributed by atoms with Crippen LogP contribution in [-0.4, -0.2) is 14.9 Å². The van der Waals surface area contributed by atoms with Gasteiger partial charge in [-0.3, -0.25) is 10.1 Å². The first kappa shape index (κ1) is 26.3. The van der Waals surface area contributed by atoms with Gasteiger partial charge in [0.15, 0.2) is 0 Å². The fraction of sp³-hybridized carbons (Fsp3) is 0.0800. The third-order valence-electron chi connectivity index (χ3n) is 5.43. The first-order chi connectivity index (χ1) is 17.7. The Labute approximate surface area is 229 Å². The largest absolute Gasteiger partial charge is 0.353 e. The van der Waals surface area contributed by atoms with E-state index in [1.54, 1.807) is 49.4 Å². The quantitative estimate of drug-likeness (QED) is 0.162. The summed E-state index contributed by atoms with van der Waals surface area (Å²) < 4.78 is 14.8. The molecular formula is C25H16BrCl2FN6O2. The van der Waals surface area contributed by atoms with Crippen LogP contribution in [-0.2, 0) is 0 Å². The molecule has 1 unspecified atom stereocenters. The number of anilines is 4. The number of hydrogen-bond acceptors (Lipinski definition) is 7. The number of hydrogen-bond donors (Lipinski definition) is 2. The zero-order chi connectivity index (χ0) is 26.7. The molecular weight excluding hydrogens is 586 g/mol. The van der Waals surface area contributed by atoms with Gasteiger partial charge in [-0.2, -0.15) is 5.26 Å². The zero-order valence-corrected chi connectivity index (χ0v) is 22.1. The molecule has 4 rings (SSSR count). The molecule has 0 radical (unpaired) electrons. The van der Waals surface area contributed by atoms with Crippen molar-refractivity contribution in [1.82, 2.24) is 9.97 Å². The van der Waals surface area contributed by atoms with E-state index in [0.29, 0.717) is 26.3 Å². The highest BCUT2D eigenvalue weighted by Crippen LogP contribution is 2.38. The van der Waals surface area contributed by atoms with Gasteiger partial charge < -0.3 is 10.6 Å². The van der Waals surface area contributed by atoms with Gasteiger partial charge >= 0.3 is 5.69 Å². The van der Waals surface area contributed by atoms with Gasteiger partial charge in [0.1, 0.15) is 12.1 Å². The molecule has 0 spiro atoms. The number of aryl methyl sites for hydroxylation is 1. The van der Waals surface area contributed by atoms with Crippen molar-refractivity contribution >= 4 is 67.8 Å². The van der Waals surface area contributed by atoms with E-state index in [2.05, 4.69) is 42.6 Å². The van der Waals surface area contributed by atoms with Crippen molar-refractivity contribution in [2.75, 3.05) is 10.6 Å². The van der Waals surface area contributed by atoms with Crippen molar-refractivity contribution in [3.05, 3.63) is 108 Å². The molecule has 4 aromatic rings. The molecule has 37 heavy (non-hydrogen) atoms. The van der Waals surface area contributed by atoms with Gasteiger partial charge in [-0.05, 0) is 60.0 Å². The average molecular weight is 602 g/mol. The molecule has 0 amide bonds. The Morgan fingerprint density at radius 3 is 2.30 bits per heavy atom. The molecule has 0 fully saturated rings. The predicted molar refractivity (Wildman–Crippen MR) is 144 cm³/mol. The average Bonchev–Trinajstić information content (AvgIpc) is 2.85. The van der Waals surface area contributed by atoms with Crippen LogP contribution in [0.5, 0.6) is 0 Å². The van der Waals surface area contributed by atoms with Crippen LogP contribution in [0.1, 0.15) is 22.6 Å². The van der Waals surface area contributed by atoms with Crippen molar-refractivity contribution in [2.45, 2.75) is 12.8 Å². The van der Waals surface area contributed by atoms with Gasteiger partial charge in [0, 0.05) is 20.2 Å². The summed E-state index contributed by atoms with van der Waals surface area (Å²) in [7, 11) is 0. The molecule has 12 heteroatoms. The predicted octanol–water partition coefficient (Wildman–Crippen LogP) is 8.04. The summed E-state index contributed by atoms with van der Waals surface area (Å²) in [5.41, 5.74) is 1.90. The Morgan fingerprint density at radius 1 is 1.05 bits per heavy atom. The molecule has 3 aromatic carbocycles. The number of nitriles is 1. The summed E-state index contributed by atoms with van der Waals surface area (Å²) in [5, 5.41) is 28.2. The lowest BCUT2D eigenvalue weighted by atomic mass is 9.91. The number of nitrogens with one attached hydrogen (secondary N) is 2. The second kappa shape index (κ2) is 11.1. The van der Waals surface area contributed by atoms with Crippen molar-refractivity contribution < 1.29 is 9.31 Å². The van der Waals surface area contributed by atoms with E-state index in [9.17, 15) is 19.8 Å². The van der Waals surface area contributed by atoms with Crippen molar-refractivity contribution in [2.24, 2.45) is 0 Å². The van der Waals surface area contributed by atoms with Gasteiger partial charge in [0.2, 0.25) is 11.6 Å². The van der Waals surface area contributed by atoms with E-state index in [-0.39, 0.29) is 22.3 Å². The molecule has 0 saturated heterocycles. The first-order valence-electron chi connectivity index (χ1n) is 10.6. The zero-order valence-electron chi connectivity index (χ0n) is 19.0. The van der Waals surface area contributed by atoms with Gasteiger partial charge in [-0.1, -0.05) is 57.3 Å². The highest BCUT2D eigenvalue weighted by molar-refractivity contribution is 9.10. The molecule has 0 aliphatic rings. The van der Waals surface area contributed by atoms with Crippen LogP contribution >= 0.6 is 39.1 Å². The van der Waals surface area contributed by atoms with Crippen LogP contribution in [0.2, 0.25) is 10.0 Å². The molecule has 0 aliphatic carbocycles. The fourth-order valence-electron chi connectivity index (χ4n) is 3.62. The van der Waals surface area contributed by atoms with Crippen LogP contribution in [0, 0.1) is 34.2 Å². The molecule has 1 atom stereocenters. The summed E-state index contributed by atoms with van der Waals surface area (Å²) in [6, 6.07) is 16.7. The smallest absolute Gasteiger partial charge is 0.334 e. The minimum absolute atomic E-state index is 0.00396. The highest BCUT2D eigenvalue weighted by atomic mass is 79.9. The van der Waals surface area contributed by atoms with E-state index in [0.717, 1.165) is 11.9 Å². The lowest BCUT2D eigenvalue weighted by Gasteiger charge is -2.17. The molecule has 1 aromatic heterocycles. The van der Waals surface area contributed by atoms with Crippen molar-refractivity contribution in [3.63, 3.8) is 0 Å². The minimum atomic E-state index is -0.668. The monoisotopic (exact) mass is 600 g/mol. The molecule has 186 valence electrons. The Balaban J connectivity index is 1.69. The molecule has 0 saturated carbocycles. The molecule has 0 bridgehead atoms. The van der Waals surface area contributed by atoms with E-state index in [1.165, 1.54) is 12.1 Å². The van der Waals surface area contributed by atoms with Gasteiger partial charge in [-0.25, -0.2) is 14.4 Å². The number of aromatic nitrogens is 2. The van der Waals surface area contributed by atoms with Crippen LogP contribution < -0.4 is 10.6 Å². The highest BCUT2D eigenvalue weighted by Gasteiger charge is 2.25. The van der Waals surface area contributed by atoms with Crippen molar-refractivity contribution in [3.8, 4) is 6.07 Å². The Morgan fingerprint density at radius 2 is 1.70 bits per heavy atom. The lowest BCUT2D eigenvalue weighted by molar-refractivity contribution is -0.383. The topological polar surface area (TPSA) is 117 Å². The standard InChI is InChI=1S/C25H16BrCl2FN6O2/c1-13-8-17(18(11-30)14-2-5-16(27)6-3-14)19(28)10-22(13)34-25-23(35(36)37)24(31-12-32-25)33-21-7-4-15(26)9-20(21)29/h2-10,12,18H,1H3,(H2,31,32,33,34). The number of benzene rings is 3. The second-order valence-corrected chi connectivity index (χ2v) is 9.61. The maximum Gasteiger partial charge on any atom is 0.353 e. The van der Waals surface area contributed by atoms with Crippen LogP contribution in [0.25, 0.3) is 0 Å². The van der Waals surface area contributed by atoms with Crippen LogP contribution in [0.4, 0.5) is 33.1 Å². The van der Waals surface area contributed by atoms with Crippen LogP contribution in [0.15, 0.2) is 65.4 Å². The minimum Gasteiger partial charge on any atom is -0.334 e. The van der Waals surface area contributed by atoms with Gasteiger partial charge in [0.25, 0.3) is 0 Å². The number of nitro groups is 1. The van der Waals surface area contributed by atoms with Crippen molar-refractivity contribution in [1.29, 1.82) is 5.26 Å². The lowest BCUT2D eigenvalue weighted by Crippen LogP contribution is -2.07. The Bertz CT molecular complexity index is 1550. The third kappa shape index (κ3) is 5.80. The normalized spacial score (nSPS) is 11.5. The molecule has 8 nitrogen and oxygen atoms in total. The Kier molecular flexibility index (Phi) is 7.88. The summed E-state index contributed by atoms with van der Waals surface area (Å²) in [4.78, 5) is 19.2. The molecule has 1 heterocycles. The Hall–Kier alpha value is -3.78. The molecule has 2 N–H and O–H groups in total. The fourth-order valence-corrected chi connectivity index (χ4v) is 4.35. The number of rotatable bonds is 7. The van der Waals surface area contributed by atoms with Gasteiger partial charge in [0.05, 0.1) is 22.6 Å². The number of nitrogens with zero attached hydrogens (tertiary/aromatic N) is 4. The van der Waals surface area contributed by atoms with E-state index < -0.39 is 22.3 Å².